The first-order valence-electron chi connectivity index (χ1n) is 8.80. The van der Waals surface area contributed by atoms with Crippen molar-refractivity contribution < 1.29 is 9.53 Å². The number of methoxy groups -OCH3 is 1. The smallest absolute Gasteiger partial charge is 0.265 e. The fourth-order valence-corrected chi connectivity index (χ4v) is 4.13. The summed E-state index contributed by atoms with van der Waals surface area (Å²) in [4.78, 5) is 14.8. The van der Waals surface area contributed by atoms with Crippen molar-refractivity contribution in [3.63, 3.8) is 0 Å². The van der Waals surface area contributed by atoms with Crippen molar-refractivity contribution in [3.8, 4) is 16.3 Å². The maximum absolute atomic E-state index is 12.1. The second-order valence-corrected chi connectivity index (χ2v) is 8.06. The largest absolute Gasteiger partial charge is 0.497 e. The molecule has 0 spiro atoms. The maximum atomic E-state index is 12.1. The molecule has 6 nitrogen and oxygen atoms in total. The highest BCUT2D eigenvalue weighted by Gasteiger charge is 2.13. The molecule has 0 aliphatic heterocycles. The minimum Gasteiger partial charge on any atom is -0.497 e. The molecule has 1 N–H and O–H groups in total. The van der Waals surface area contributed by atoms with Crippen LogP contribution < -0.4 is 15.0 Å². The van der Waals surface area contributed by atoms with E-state index in [-0.39, 0.29) is 5.91 Å². The molecule has 2 aromatic heterocycles. The molecule has 146 valence electrons. The van der Waals surface area contributed by atoms with Crippen LogP contribution in [-0.2, 0) is 0 Å². The summed E-state index contributed by atoms with van der Waals surface area (Å²) in [5, 5.41) is 15.0. The number of amides is 1. The summed E-state index contributed by atoms with van der Waals surface area (Å²) in [6.07, 6.45) is 0. The topological polar surface area (TPSA) is 67.3 Å². The molecule has 0 aliphatic rings. The molecule has 0 saturated carbocycles. The lowest BCUT2D eigenvalue weighted by atomic mass is 10.2. The van der Waals surface area contributed by atoms with Crippen LogP contribution in [0.25, 0.3) is 10.6 Å². The number of carbonyl (C=O) groups excluding carboxylic acids is 1. The molecule has 0 fully saturated rings. The predicted molar refractivity (Wildman–Crippen MR) is 119 cm³/mol. The van der Waals surface area contributed by atoms with E-state index < -0.39 is 0 Å². The number of nitrogens with one attached hydrogen (secondary N) is 1. The van der Waals surface area contributed by atoms with E-state index in [2.05, 4.69) is 15.5 Å². The lowest BCUT2D eigenvalue weighted by molar-refractivity contribution is 0.103. The number of hydrogen-bond donors (Lipinski definition) is 1. The lowest BCUT2D eigenvalue weighted by Gasteiger charge is -2.15. The zero-order chi connectivity index (χ0) is 20.2. The first-order chi connectivity index (χ1) is 14.1. The molecular weight excluding hydrogens is 404 g/mol. The molecule has 2 aromatic carbocycles. The summed E-state index contributed by atoms with van der Waals surface area (Å²) < 4.78 is 5.20. The average Bonchev–Trinajstić information content (AvgIpc) is 3.46. The summed E-state index contributed by atoms with van der Waals surface area (Å²) in [7, 11) is 3.60. The van der Waals surface area contributed by atoms with Gasteiger partial charge >= 0.3 is 0 Å². The van der Waals surface area contributed by atoms with Gasteiger partial charge in [-0.15, -0.1) is 21.5 Å². The zero-order valence-corrected chi connectivity index (χ0v) is 17.5. The van der Waals surface area contributed by atoms with Crippen molar-refractivity contribution in [3.05, 3.63) is 70.9 Å². The monoisotopic (exact) mass is 422 g/mol. The number of benzene rings is 2. The van der Waals surface area contributed by atoms with E-state index in [4.69, 9.17) is 4.74 Å². The van der Waals surface area contributed by atoms with Gasteiger partial charge in [-0.25, -0.2) is 0 Å². The number of nitrogens with zero attached hydrogens (tertiary/aromatic N) is 3. The highest BCUT2D eigenvalue weighted by Crippen LogP contribution is 2.32. The van der Waals surface area contributed by atoms with Crippen molar-refractivity contribution in [2.45, 2.75) is 0 Å². The van der Waals surface area contributed by atoms with E-state index in [9.17, 15) is 4.79 Å². The van der Waals surface area contributed by atoms with Crippen molar-refractivity contribution >= 4 is 45.1 Å². The van der Waals surface area contributed by atoms with Crippen LogP contribution in [0.1, 0.15) is 9.67 Å². The van der Waals surface area contributed by atoms with Gasteiger partial charge < -0.3 is 15.0 Å². The van der Waals surface area contributed by atoms with E-state index in [0.717, 1.165) is 32.8 Å². The third-order valence-electron chi connectivity index (χ3n) is 4.30. The minimum absolute atomic E-state index is 0.105. The van der Waals surface area contributed by atoms with E-state index in [1.54, 1.807) is 13.2 Å². The minimum atomic E-state index is -0.105. The van der Waals surface area contributed by atoms with Crippen LogP contribution in [0.5, 0.6) is 5.75 Å². The van der Waals surface area contributed by atoms with Gasteiger partial charge in [-0.1, -0.05) is 17.4 Å². The standard InChI is InChI=1S/C21H18N4O2S2/c1-25(16-9-11-17(27-2)12-10-16)21-24-23-20(29-21)14-5-7-15(8-6-14)22-19(26)18-4-3-13-28-18/h3-13H,1-2H3,(H,22,26). The van der Waals surface area contributed by atoms with Gasteiger partial charge in [-0.05, 0) is 60.0 Å². The summed E-state index contributed by atoms with van der Waals surface area (Å²) in [6.45, 7) is 0. The Hall–Kier alpha value is -3.23. The van der Waals surface area contributed by atoms with Crippen molar-refractivity contribution in [1.29, 1.82) is 0 Å². The maximum Gasteiger partial charge on any atom is 0.265 e. The van der Waals surface area contributed by atoms with Crippen LogP contribution >= 0.6 is 22.7 Å². The normalized spacial score (nSPS) is 10.6. The Kier molecular flexibility index (Phi) is 5.55. The Balaban J connectivity index is 1.46. The van der Waals surface area contributed by atoms with Crippen molar-refractivity contribution in [2.24, 2.45) is 0 Å². The Labute approximate surface area is 176 Å². The number of anilines is 3. The second-order valence-electron chi connectivity index (χ2n) is 6.16. The SMILES string of the molecule is COc1ccc(N(C)c2nnc(-c3ccc(NC(=O)c4cccs4)cc3)s2)cc1. The number of hydrogen-bond acceptors (Lipinski definition) is 7. The van der Waals surface area contributed by atoms with Gasteiger partial charge in [-0.2, -0.15) is 0 Å². The number of thiophene rings is 1. The Morgan fingerprint density at radius 2 is 1.79 bits per heavy atom. The number of ether oxygens (including phenoxy) is 1. The number of aromatic nitrogens is 2. The molecule has 8 heteroatoms. The molecule has 0 atom stereocenters. The molecule has 2 heterocycles. The number of rotatable bonds is 6. The molecule has 0 radical (unpaired) electrons. The molecule has 29 heavy (non-hydrogen) atoms. The van der Waals surface area contributed by atoms with Crippen LogP contribution in [0.15, 0.2) is 66.0 Å². The van der Waals surface area contributed by atoms with Gasteiger partial charge in [0.2, 0.25) is 5.13 Å². The van der Waals surface area contributed by atoms with Gasteiger partial charge in [0.15, 0.2) is 0 Å². The average molecular weight is 423 g/mol. The molecule has 4 aromatic rings. The predicted octanol–water partition coefficient (Wildman–Crippen LogP) is 5.30. The van der Waals surface area contributed by atoms with Crippen LogP contribution in [0, 0.1) is 0 Å². The van der Waals surface area contributed by atoms with Gasteiger partial charge in [0, 0.05) is 24.0 Å². The molecule has 0 aliphatic carbocycles. The first kappa shape index (κ1) is 19.1. The molecule has 1 amide bonds. The fraction of sp³-hybridized carbons (Fsp3) is 0.0952. The van der Waals surface area contributed by atoms with Crippen LogP contribution in [0.4, 0.5) is 16.5 Å². The van der Waals surface area contributed by atoms with Crippen LogP contribution in [0.2, 0.25) is 0 Å². The first-order valence-corrected chi connectivity index (χ1v) is 10.5. The lowest BCUT2D eigenvalue weighted by Crippen LogP contribution is -2.09. The highest BCUT2D eigenvalue weighted by atomic mass is 32.1. The van der Waals surface area contributed by atoms with Gasteiger partial charge in [0.1, 0.15) is 10.8 Å². The summed E-state index contributed by atoms with van der Waals surface area (Å²) in [5.41, 5.74) is 2.69. The highest BCUT2D eigenvalue weighted by molar-refractivity contribution is 7.18. The summed E-state index contributed by atoms with van der Waals surface area (Å²) in [6, 6.07) is 19.0. The Morgan fingerprint density at radius 1 is 1.03 bits per heavy atom. The van der Waals surface area contributed by atoms with E-state index in [1.165, 1.54) is 22.7 Å². The zero-order valence-electron chi connectivity index (χ0n) is 15.8. The van der Waals surface area contributed by atoms with Gasteiger partial charge in [-0.3, -0.25) is 4.79 Å². The molecular formula is C21H18N4O2S2. The fourth-order valence-electron chi connectivity index (χ4n) is 2.68. The van der Waals surface area contributed by atoms with Crippen molar-refractivity contribution in [2.75, 3.05) is 24.4 Å². The molecule has 0 bridgehead atoms. The third kappa shape index (κ3) is 4.28. The Morgan fingerprint density at radius 3 is 2.45 bits per heavy atom. The van der Waals surface area contributed by atoms with E-state index in [1.807, 2.05) is 71.9 Å². The Bertz CT molecular complexity index is 1090. The van der Waals surface area contributed by atoms with Gasteiger partial charge in [0.25, 0.3) is 5.91 Å². The van der Waals surface area contributed by atoms with Crippen molar-refractivity contribution in [1.82, 2.24) is 10.2 Å². The van der Waals surface area contributed by atoms with E-state index in [0.29, 0.717) is 4.88 Å². The second kappa shape index (κ2) is 8.42. The van der Waals surface area contributed by atoms with Crippen LogP contribution in [0.3, 0.4) is 0 Å². The third-order valence-corrected chi connectivity index (χ3v) is 6.21. The number of carbonyl (C=O) groups is 1. The van der Waals surface area contributed by atoms with Gasteiger partial charge in [0.05, 0.1) is 12.0 Å². The molecule has 0 saturated heterocycles. The van der Waals surface area contributed by atoms with E-state index >= 15 is 0 Å². The van der Waals surface area contributed by atoms with Crippen LogP contribution in [-0.4, -0.2) is 30.3 Å². The quantitative estimate of drug-likeness (QED) is 0.457. The summed E-state index contributed by atoms with van der Waals surface area (Å²) >= 11 is 2.92. The molecule has 4 rings (SSSR count). The molecule has 0 unspecified atom stereocenters. The summed E-state index contributed by atoms with van der Waals surface area (Å²) in [5.74, 6) is 0.707.